The maximum Gasteiger partial charge on any atom is 0.251 e. The lowest BCUT2D eigenvalue weighted by Crippen LogP contribution is -2.45. The second-order valence-corrected chi connectivity index (χ2v) is 8.54. The second-order valence-electron chi connectivity index (χ2n) is 8.54. The third kappa shape index (κ3) is 5.49. The van der Waals surface area contributed by atoms with Crippen LogP contribution in [0.4, 0.5) is 0 Å². The minimum atomic E-state index is -0.440. The number of nitrogens with zero attached hydrogens (tertiary/aromatic N) is 1. The quantitative estimate of drug-likeness (QED) is 0.297. The number of nitrogens with one attached hydrogen (secondary N) is 2. The molecule has 1 aliphatic rings. The number of hydroxylamine groups is 1. The maximum absolute atomic E-state index is 12.8. The number of carbonyl (C=O) groups excluding carboxylic acids is 2. The van der Waals surface area contributed by atoms with Crippen molar-refractivity contribution < 1.29 is 19.5 Å². The number of ether oxygens (including phenoxy) is 1. The molecule has 1 aromatic heterocycles. The Labute approximate surface area is 193 Å². The number of aryl methyl sites for hydroxylation is 1. The van der Waals surface area contributed by atoms with E-state index in [2.05, 4.69) is 16.4 Å². The van der Waals surface area contributed by atoms with Gasteiger partial charge in [0.25, 0.3) is 5.91 Å². The van der Waals surface area contributed by atoms with Gasteiger partial charge in [0.1, 0.15) is 12.4 Å². The molecule has 0 saturated heterocycles. The van der Waals surface area contributed by atoms with Crippen molar-refractivity contribution in [2.45, 2.75) is 51.7 Å². The summed E-state index contributed by atoms with van der Waals surface area (Å²) in [4.78, 5) is 29.5. The molecule has 1 aliphatic carbocycles. The molecule has 1 heterocycles. The third-order valence-corrected chi connectivity index (χ3v) is 6.31. The van der Waals surface area contributed by atoms with E-state index >= 15 is 0 Å². The van der Waals surface area contributed by atoms with Gasteiger partial charge in [-0.05, 0) is 56.2 Å². The van der Waals surface area contributed by atoms with Crippen molar-refractivity contribution in [3.8, 4) is 5.75 Å². The van der Waals surface area contributed by atoms with Gasteiger partial charge in [-0.25, -0.2) is 5.48 Å². The van der Waals surface area contributed by atoms with Gasteiger partial charge >= 0.3 is 0 Å². The van der Waals surface area contributed by atoms with E-state index in [0.717, 1.165) is 41.4 Å². The normalized spacial score (nSPS) is 18.4. The van der Waals surface area contributed by atoms with E-state index in [9.17, 15) is 9.59 Å². The highest BCUT2D eigenvalue weighted by Crippen LogP contribution is 2.25. The summed E-state index contributed by atoms with van der Waals surface area (Å²) in [6, 6.07) is 16.7. The minimum absolute atomic E-state index is 0.237. The number of carbonyl (C=O) groups is 2. The summed E-state index contributed by atoms with van der Waals surface area (Å²) in [6.07, 6.45) is 4.22. The molecule has 0 unspecified atom stereocenters. The summed E-state index contributed by atoms with van der Waals surface area (Å²) < 4.78 is 5.93. The predicted octanol–water partition coefficient (Wildman–Crippen LogP) is 4.31. The van der Waals surface area contributed by atoms with E-state index in [1.54, 1.807) is 29.7 Å². The lowest BCUT2D eigenvalue weighted by Gasteiger charge is -2.24. The fraction of sp³-hybridized carbons (Fsp3) is 0.346. The summed E-state index contributed by atoms with van der Waals surface area (Å²) in [5, 5.41) is 13.1. The van der Waals surface area contributed by atoms with Crippen molar-refractivity contribution in [2.75, 3.05) is 0 Å². The molecular weight excluding hydrogens is 418 g/mol. The first kappa shape index (κ1) is 22.7. The number of pyridine rings is 1. The van der Waals surface area contributed by atoms with Crippen molar-refractivity contribution in [1.82, 2.24) is 15.8 Å². The smallest absolute Gasteiger partial charge is 0.251 e. The zero-order chi connectivity index (χ0) is 23.2. The molecule has 0 spiro atoms. The molecule has 3 N–H and O–H groups in total. The summed E-state index contributed by atoms with van der Waals surface area (Å²) in [5.74, 6) is -0.447. The van der Waals surface area contributed by atoms with Crippen LogP contribution in [0.5, 0.6) is 5.75 Å². The average Bonchev–Trinajstić information content (AvgIpc) is 3.08. The number of para-hydroxylation sites is 1. The number of hydrogen-bond donors (Lipinski definition) is 3. The number of rotatable bonds is 6. The van der Waals surface area contributed by atoms with Crippen LogP contribution in [-0.4, -0.2) is 28.0 Å². The molecule has 7 nitrogen and oxygen atoms in total. The minimum Gasteiger partial charge on any atom is -0.489 e. The Morgan fingerprint density at radius 1 is 1.06 bits per heavy atom. The highest BCUT2D eigenvalue weighted by Gasteiger charge is 2.30. The zero-order valence-electron chi connectivity index (χ0n) is 18.7. The molecule has 1 saturated carbocycles. The topological polar surface area (TPSA) is 101 Å². The number of amides is 2. The molecule has 0 aliphatic heterocycles. The Morgan fingerprint density at radius 2 is 1.82 bits per heavy atom. The largest absolute Gasteiger partial charge is 0.489 e. The molecule has 33 heavy (non-hydrogen) atoms. The molecule has 3 aromatic rings. The van der Waals surface area contributed by atoms with Gasteiger partial charge in [0, 0.05) is 28.2 Å². The van der Waals surface area contributed by atoms with Gasteiger partial charge in [0.2, 0.25) is 5.91 Å². The van der Waals surface area contributed by atoms with Gasteiger partial charge in [-0.1, -0.05) is 37.5 Å². The highest BCUT2D eigenvalue weighted by atomic mass is 16.5. The first-order valence-corrected chi connectivity index (χ1v) is 11.4. The van der Waals surface area contributed by atoms with Gasteiger partial charge in [-0.15, -0.1) is 0 Å². The number of fused-ring (bicyclic) bond motifs is 1. The summed E-state index contributed by atoms with van der Waals surface area (Å²) >= 11 is 0. The monoisotopic (exact) mass is 447 g/mol. The van der Waals surface area contributed by atoms with Crippen LogP contribution in [-0.2, 0) is 11.4 Å². The van der Waals surface area contributed by atoms with Crippen LogP contribution in [0, 0.1) is 12.8 Å². The molecule has 2 atom stereocenters. The van der Waals surface area contributed by atoms with Crippen LogP contribution in [0.1, 0.15) is 53.7 Å². The Morgan fingerprint density at radius 3 is 2.61 bits per heavy atom. The van der Waals surface area contributed by atoms with Crippen LogP contribution in [0.3, 0.4) is 0 Å². The van der Waals surface area contributed by atoms with Gasteiger partial charge in [0.05, 0.1) is 11.4 Å². The second kappa shape index (κ2) is 10.4. The fourth-order valence-corrected chi connectivity index (χ4v) is 4.39. The van der Waals surface area contributed by atoms with E-state index in [1.807, 2.05) is 31.2 Å². The Bertz CT molecular complexity index is 1130. The first-order chi connectivity index (χ1) is 16.0. The lowest BCUT2D eigenvalue weighted by molar-refractivity contribution is -0.134. The molecule has 0 bridgehead atoms. The fourth-order valence-electron chi connectivity index (χ4n) is 4.39. The summed E-state index contributed by atoms with van der Waals surface area (Å²) in [7, 11) is 0. The number of benzene rings is 2. The molecule has 2 aromatic carbocycles. The van der Waals surface area contributed by atoms with Gasteiger partial charge in [0.15, 0.2) is 0 Å². The Kier molecular flexibility index (Phi) is 7.19. The van der Waals surface area contributed by atoms with Crippen molar-refractivity contribution in [3.05, 3.63) is 71.4 Å². The molecule has 172 valence electrons. The van der Waals surface area contributed by atoms with Crippen molar-refractivity contribution in [1.29, 1.82) is 0 Å². The Balaban J connectivity index is 1.39. The van der Waals surface area contributed by atoms with E-state index in [4.69, 9.17) is 9.94 Å². The SMILES string of the molecule is Cc1nc2ccccc2cc1COc1ccc(C(=O)N[C@H]2CCCCC[C@H]2C(=O)NO)cc1. The van der Waals surface area contributed by atoms with Crippen molar-refractivity contribution >= 4 is 22.7 Å². The Hall–Kier alpha value is -3.45. The molecule has 0 radical (unpaired) electrons. The zero-order valence-corrected chi connectivity index (χ0v) is 18.7. The molecule has 4 rings (SSSR count). The first-order valence-electron chi connectivity index (χ1n) is 11.4. The highest BCUT2D eigenvalue weighted by molar-refractivity contribution is 5.95. The number of aromatic nitrogens is 1. The summed E-state index contributed by atoms with van der Waals surface area (Å²) in [6.45, 7) is 2.35. The molecule has 1 fully saturated rings. The standard InChI is InChI=1S/C26H29N3O4/c1-17-20(15-19-7-5-6-9-23(19)27-17)16-33-21-13-11-18(12-14-21)25(30)28-24-10-4-2-3-8-22(24)26(31)29-32/h5-7,9,11-15,22,24,32H,2-4,8,10,16H2,1H3,(H,28,30)(H,29,31)/t22-,24+/m1/s1. The van der Waals surface area contributed by atoms with Crippen LogP contribution in [0.25, 0.3) is 10.9 Å². The lowest BCUT2D eigenvalue weighted by atomic mass is 9.93. The van der Waals surface area contributed by atoms with Crippen molar-refractivity contribution in [3.63, 3.8) is 0 Å². The van der Waals surface area contributed by atoms with E-state index in [0.29, 0.717) is 30.8 Å². The van der Waals surface area contributed by atoms with Gasteiger partial charge < -0.3 is 10.1 Å². The predicted molar refractivity (Wildman–Crippen MR) is 125 cm³/mol. The van der Waals surface area contributed by atoms with Crippen LogP contribution in [0.15, 0.2) is 54.6 Å². The molecule has 7 heteroatoms. The van der Waals surface area contributed by atoms with E-state index in [1.165, 1.54) is 0 Å². The van der Waals surface area contributed by atoms with Crippen molar-refractivity contribution in [2.24, 2.45) is 5.92 Å². The van der Waals surface area contributed by atoms with E-state index in [-0.39, 0.29) is 11.9 Å². The van der Waals surface area contributed by atoms with Gasteiger partial charge in [-0.3, -0.25) is 19.8 Å². The van der Waals surface area contributed by atoms with Crippen LogP contribution in [0.2, 0.25) is 0 Å². The molecule has 2 amide bonds. The summed E-state index contributed by atoms with van der Waals surface area (Å²) in [5.41, 5.74) is 5.14. The van der Waals surface area contributed by atoms with Crippen LogP contribution >= 0.6 is 0 Å². The van der Waals surface area contributed by atoms with Crippen LogP contribution < -0.4 is 15.5 Å². The molecular formula is C26H29N3O4. The average molecular weight is 448 g/mol. The maximum atomic E-state index is 12.8. The third-order valence-electron chi connectivity index (χ3n) is 6.31. The van der Waals surface area contributed by atoms with Gasteiger partial charge in [-0.2, -0.15) is 0 Å². The number of hydrogen-bond acceptors (Lipinski definition) is 5. The van der Waals surface area contributed by atoms with E-state index < -0.39 is 11.8 Å².